The van der Waals surface area contributed by atoms with Gasteiger partial charge in [0.15, 0.2) is 0 Å². The van der Waals surface area contributed by atoms with Crippen molar-refractivity contribution in [3.05, 3.63) is 35.5 Å². The molecule has 0 fully saturated rings. The average molecular weight is 220 g/mol. The van der Waals surface area contributed by atoms with Gasteiger partial charge in [-0.2, -0.15) is 0 Å². The SMILES string of the molecule is C=C[C@@](C)(O)CC[C@H]1C(C)=CCC(C)=C1C. The summed E-state index contributed by atoms with van der Waals surface area (Å²) in [5.41, 5.74) is 3.68. The molecule has 0 unspecified atom stereocenters. The largest absolute Gasteiger partial charge is 0.386 e. The standard InChI is InChI=1S/C15H24O/c1-6-15(5,16)10-9-14-12(3)8-7-11(2)13(14)4/h6,8,14,16H,1,7,9-10H2,2-5H3/t14-,15+/m0/s1. The van der Waals surface area contributed by atoms with Crippen molar-refractivity contribution in [3.8, 4) is 0 Å². The van der Waals surface area contributed by atoms with Gasteiger partial charge in [-0.3, -0.25) is 0 Å². The topological polar surface area (TPSA) is 20.2 Å². The zero-order valence-electron chi connectivity index (χ0n) is 11.0. The van der Waals surface area contributed by atoms with Crippen molar-refractivity contribution in [2.45, 2.75) is 52.6 Å². The first-order valence-electron chi connectivity index (χ1n) is 6.06. The van der Waals surface area contributed by atoms with E-state index in [0.717, 1.165) is 19.3 Å². The fourth-order valence-corrected chi connectivity index (χ4v) is 2.24. The fourth-order valence-electron chi connectivity index (χ4n) is 2.24. The number of hydrogen-bond acceptors (Lipinski definition) is 1. The molecule has 2 atom stereocenters. The molecule has 0 saturated heterocycles. The summed E-state index contributed by atoms with van der Waals surface area (Å²) in [7, 11) is 0. The maximum atomic E-state index is 9.94. The summed E-state index contributed by atoms with van der Waals surface area (Å²) in [6, 6.07) is 0. The summed E-state index contributed by atoms with van der Waals surface area (Å²) in [5.74, 6) is 0.514. The van der Waals surface area contributed by atoms with Crippen LogP contribution in [0, 0.1) is 5.92 Å². The molecule has 0 aromatic heterocycles. The second-order valence-electron chi connectivity index (χ2n) is 5.27. The van der Waals surface area contributed by atoms with Crippen molar-refractivity contribution >= 4 is 0 Å². The summed E-state index contributed by atoms with van der Waals surface area (Å²) < 4.78 is 0. The van der Waals surface area contributed by atoms with Crippen molar-refractivity contribution < 1.29 is 5.11 Å². The van der Waals surface area contributed by atoms with Gasteiger partial charge in [0.2, 0.25) is 0 Å². The predicted molar refractivity (Wildman–Crippen MR) is 70.3 cm³/mol. The predicted octanol–water partition coefficient (Wildman–Crippen LogP) is 4.01. The van der Waals surface area contributed by atoms with Crippen LogP contribution >= 0.6 is 0 Å². The van der Waals surface area contributed by atoms with E-state index in [1.165, 1.54) is 16.7 Å². The Kier molecular flexibility index (Phi) is 4.15. The minimum atomic E-state index is -0.730. The van der Waals surface area contributed by atoms with Gasteiger partial charge in [-0.25, -0.2) is 0 Å². The molecule has 0 spiro atoms. The van der Waals surface area contributed by atoms with Crippen molar-refractivity contribution in [2.24, 2.45) is 5.92 Å². The van der Waals surface area contributed by atoms with Crippen LogP contribution in [0.15, 0.2) is 35.5 Å². The van der Waals surface area contributed by atoms with Crippen molar-refractivity contribution in [2.75, 3.05) is 0 Å². The maximum absolute atomic E-state index is 9.94. The quantitative estimate of drug-likeness (QED) is 0.710. The van der Waals surface area contributed by atoms with Crippen molar-refractivity contribution in [3.63, 3.8) is 0 Å². The van der Waals surface area contributed by atoms with Gasteiger partial charge >= 0.3 is 0 Å². The second kappa shape index (κ2) is 5.01. The Morgan fingerprint density at radius 3 is 2.69 bits per heavy atom. The van der Waals surface area contributed by atoms with Gasteiger partial charge in [0.25, 0.3) is 0 Å². The molecule has 0 aromatic rings. The summed E-state index contributed by atoms with van der Waals surface area (Å²) >= 11 is 0. The monoisotopic (exact) mass is 220 g/mol. The first-order chi connectivity index (χ1) is 7.37. The van der Waals surface area contributed by atoms with Crippen LogP contribution in [-0.2, 0) is 0 Å². The van der Waals surface area contributed by atoms with Crippen LogP contribution in [0.1, 0.15) is 47.0 Å². The molecule has 0 aromatic carbocycles. The minimum absolute atomic E-state index is 0.514. The third kappa shape index (κ3) is 3.08. The second-order valence-corrected chi connectivity index (χ2v) is 5.27. The molecule has 0 aliphatic heterocycles. The lowest BCUT2D eigenvalue weighted by Gasteiger charge is -2.28. The lowest BCUT2D eigenvalue weighted by atomic mass is 9.79. The molecule has 90 valence electrons. The van der Waals surface area contributed by atoms with E-state index in [9.17, 15) is 5.11 Å². The molecule has 1 N–H and O–H groups in total. The number of aliphatic hydroxyl groups is 1. The first kappa shape index (κ1) is 13.2. The molecule has 0 amide bonds. The molecular weight excluding hydrogens is 196 g/mol. The Balaban J connectivity index is 2.69. The molecule has 0 bridgehead atoms. The Labute approximate surface area is 99.6 Å². The fraction of sp³-hybridized carbons (Fsp3) is 0.600. The van der Waals surface area contributed by atoms with Gasteiger partial charge in [0.1, 0.15) is 0 Å². The van der Waals surface area contributed by atoms with Crippen LogP contribution in [0.3, 0.4) is 0 Å². The van der Waals surface area contributed by atoms with Crippen LogP contribution in [0.5, 0.6) is 0 Å². The number of hydrogen-bond donors (Lipinski definition) is 1. The lowest BCUT2D eigenvalue weighted by Crippen LogP contribution is -2.22. The highest BCUT2D eigenvalue weighted by Crippen LogP contribution is 2.34. The zero-order chi connectivity index (χ0) is 12.3. The molecule has 1 aliphatic rings. The highest BCUT2D eigenvalue weighted by molar-refractivity contribution is 5.29. The zero-order valence-corrected chi connectivity index (χ0v) is 11.0. The van der Waals surface area contributed by atoms with Crippen LogP contribution in [0.2, 0.25) is 0 Å². The van der Waals surface area contributed by atoms with E-state index in [-0.39, 0.29) is 0 Å². The molecule has 0 radical (unpaired) electrons. The summed E-state index contributed by atoms with van der Waals surface area (Å²) in [4.78, 5) is 0. The Morgan fingerprint density at radius 1 is 1.50 bits per heavy atom. The van der Waals surface area contributed by atoms with Crippen molar-refractivity contribution in [1.29, 1.82) is 0 Å². The van der Waals surface area contributed by atoms with E-state index in [0.29, 0.717) is 5.92 Å². The molecule has 1 rings (SSSR count). The molecule has 16 heavy (non-hydrogen) atoms. The lowest BCUT2D eigenvalue weighted by molar-refractivity contribution is 0.0968. The smallest absolute Gasteiger partial charge is 0.0797 e. The van der Waals surface area contributed by atoms with E-state index in [1.54, 1.807) is 6.08 Å². The Hall–Kier alpha value is -0.820. The molecule has 0 saturated carbocycles. The number of rotatable bonds is 4. The first-order valence-corrected chi connectivity index (χ1v) is 6.06. The van der Waals surface area contributed by atoms with Crippen LogP contribution in [0.25, 0.3) is 0 Å². The van der Waals surface area contributed by atoms with Gasteiger partial charge in [0, 0.05) is 5.92 Å². The summed E-state index contributed by atoms with van der Waals surface area (Å²) in [5, 5.41) is 9.94. The Morgan fingerprint density at radius 2 is 2.12 bits per heavy atom. The van der Waals surface area contributed by atoms with Crippen LogP contribution < -0.4 is 0 Å². The average Bonchev–Trinajstić information content (AvgIpc) is 2.24. The Bertz CT molecular complexity index is 331. The molecule has 1 aliphatic carbocycles. The van der Waals surface area contributed by atoms with E-state index in [1.807, 2.05) is 6.92 Å². The van der Waals surface area contributed by atoms with Gasteiger partial charge in [0.05, 0.1) is 5.60 Å². The van der Waals surface area contributed by atoms with Gasteiger partial charge in [-0.15, -0.1) is 6.58 Å². The molecule has 1 heteroatoms. The third-order valence-corrected chi connectivity index (χ3v) is 3.85. The normalized spacial score (nSPS) is 25.1. The minimum Gasteiger partial charge on any atom is -0.386 e. The van der Waals surface area contributed by atoms with Gasteiger partial charge < -0.3 is 5.11 Å². The van der Waals surface area contributed by atoms with Crippen LogP contribution in [0.4, 0.5) is 0 Å². The van der Waals surface area contributed by atoms with Crippen LogP contribution in [-0.4, -0.2) is 10.7 Å². The third-order valence-electron chi connectivity index (χ3n) is 3.85. The number of allylic oxidation sites excluding steroid dienone is 4. The van der Waals surface area contributed by atoms with E-state index < -0.39 is 5.60 Å². The maximum Gasteiger partial charge on any atom is 0.0797 e. The summed E-state index contributed by atoms with van der Waals surface area (Å²) in [6.45, 7) is 12.1. The molecule has 0 heterocycles. The van der Waals surface area contributed by atoms with Crippen molar-refractivity contribution in [1.82, 2.24) is 0 Å². The summed E-state index contributed by atoms with van der Waals surface area (Å²) in [6.07, 6.45) is 6.82. The van der Waals surface area contributed by atoms with Gasteiger partial charge in [-0.05, 0) is 47.0 Å². The van der Waals surface area contributed by atoms with E-state index in [4.69, 9.17) is 0 Å². The highest BCUT2D eigenvalue weighted by Gasteiger charge is 2.22. The van der Waals surface area contributed by atoms with Gasteiger partial charge in [-0.1, -0.05) is 28.9 Å². The van der Waals surface area contributed by atoms with E-state index in [2.05, 4.69) is 33.4 Å². The van der Waals surface area contributed by atoms with E-state index >= 15 is 0 Å². The highest BCUT2D eigenvalue weighted by atomic mass is 16.3. The molecular formula is C15H24O. The molecule has 1 nitrogen and oxygen atoms in total.